The maximum absolute atomic E-state index is 12.1. The second kappa shape index (κ2) is 5.66. The molecule has 0 atom stereocenters. The molecule has 0 saturated carbocycles. The molecule has 20 heavy (non-hydrogen) atoms. The maximum Gasteiger partial charge on any atom is 0.282 e. The van der Waals surface area contributed by atoms with Crippen molar-refractivity contribution in [3.63, 3.8) is 0 Å². The largest absolute Gasteiger partial charge is 0.306 e. The molecule has 1 amide bonds. The Morgan fingerprint density at radius 3 is 2.75 bits per heavy atom. The van der Waals surface area contributed by atoms with Crippen molar-refractivity contribution in [1.82, 2.24) is 4.98 Å². The van der Waals surface area contributed by atoms with Crippen LogP contribution in [0.2, 0.25) is 5.02 Å². The Morgan fingerprint density at radius 2 is 2.10 bits per heavy atom. The lowest BCUT2D eigenvalue weighted by Crippen LogP contribution is -2.15. The van der Waals surface area contributed by atoms with Crippen LogP contribution < -0.4 is 5.32 Å². The molecule has 0 aliphatic heterocycles. The second-order valence-electron chi connectivity index (χ2n) is 4.09. The van der Waals surface area contributed by atoms with Crippen molar-refractivity contribution in [2.75, 3.05) is 5.32 Å². The van der Waals surface area contributed by atoms with E-state index >= 15 is 0 Å². The number of nitro benzene ring substituents is 1. The van der Waals surface area contributed by atoms with Crippen molar-refractivity contribution in [3.05, 3.63) is 62.8 Å². The molecule has 0 radical (unpaired) electrons. The summed E-state index contributed by atoms with van der Waals surface area (Å²) in [5, 5.41) is 13.8. The molecule has 102 valence electrons. The van der Waals surface area contributed by atoms with Gasteiger partial charge in [0, 0.05) is 17.3 Å². The van der Waals surface area contributed by atoms with Gasteiger partial charge in [0.15, 0.2) is 0 Å². The first-order valence-electron chi connectivity index (χ1n) is 5.65. The van der Waals surface area contributed by atoms with Gasteiger partial charge in [0.05, 0.1) is 4.92 Å². The predicted octanol–water partition coefficient (Wildman–Crippen LogP) is 3.20. The van der Waals surface area contributed by atoms with Crippen molar-refractivity contribution in [2.24, 2.45) is 0 Å². The van der Waals surface area contributed by atoms with Gasteiger partial charge in [-0.2, -0.15) is 0 Å². The molecular formula is C13H10ClN3O3. The van der Waals surface area contributed by atoms with Crippen molar-refractivity contribution < 1.29 is 9.72 Å². The number of amides is 1. The Bertz CT molecular complexity index is 688. The van der Waals surface area contributed by atoms with Crippen molar-refractivity contribution >= 4 is 29.0 Å². The van der Waals surface area contributed by atoms with Gasteiger partial charge in [0.1, 0.15) is 11.4 Å². The lowest BCUT2D eigenvalue weighted by atomic mass is 10.1. The van der Waals surface area contributed by atoms with Crippen LogP contribution in [0, 0.1) is 17.0 Å². The number of hydrogen-bond donors (Lipinski definition) is 1. The number of nitrogens with one attached hydrogen (secondary N) is 1. The summed E-state index contributed by atoms with van der Waals surface area (Å²) < 4.78 is 0. The highest BCUT2D eigenvalue weighted by Gasteiger charge is 2.20. The van der Waals surface area contributed by atoms with Crippen LogP contribution in [-0.4, -0.2) is 15.8 Å². The first-order chi connectivity index (χ1) is 9.47. The highest BCUT2D eigenvalue weighted by atomic mass is 35.5. The number of aromatic nitrogens is 1. The molecule has 0 unspecified atom stereocenters. The van der Waals surface area contributed by atoms with Crippen LogP contribution in [0.15, 0.2) is 36.5 Å². The van der Waals surface area contributed by atoms with Gasteiger partial charge in [-0.05, 0) is 30.7 Å². The maximum atomic E-state index is 12.1. The van der Waals surface area contributed by atoms with E-state index in [0.29, 0.717) is 5.02 Å². The quantitative estimate of drug-likeness (QED) is 0.695. The number of anilines is 1. The molecule has 0 bridgehead atoms. The zero-order valence-electron chi connectivity index (χ0n) is 10.5. The number of hydrogen-bond acceptors (Lipinski definition) is 4. The number of benzene rings is 1. The Labute approximate surface area is 119 Å². The minimum Gasteiger partial charge on any atom is -0.306 e. The van der Waals surface area contributed by atoms with Crippen LogP contribution in [0.4, 0.5) is 11.5 Å². The van der Waals surface area contributed by atoms with Crippen LogP contribution >= 0.6 is 11.6 Å². The first kappa shape index (κ1) is 14.0. The van der Waals surface area contributed by atoms with Gasteiger partial charge in [0.25, 0.3) is 11.6 Å². The van der Waals surface area contributed by atoms with Crippen LogP contribution in [0.25, 0.3) is 0 Å². The number of halogens is 1. The molecule has 0 fully saturated rings. The topological polar surface area (TPSA) is 85.1 Å². The number of nitro groups is 1. The summed E-state index contributed by atoms with van der Waals surface area (Å²) in [6, 6.07) is 7.35. The van der Waals surface area contributed by atoms with E-state index in [9.17, 15) is 14.9 Å². The Balaban J connectivity index is 2.34. The molecular weight excluding hydrogens is 282 g/mol. The van der Waals surface area contributed by atoms with Gasteiger partial charge in [-0.3, -0.25) is 14.9 Å². The van der Waals surface area contributed by atoms with Crippen LogP contribution in [0.3, 0.4) is 0 Å². The molecule has 1 N–H and O–H groups in total. The minimum atomic E-state index is -0.602. The Morgan fingerprint density at radius 1 is 1.35 bits per heavy atom. The van der Waals surface area contributed by atoms with E-state index in [1.54, 1.807) is 19.1 Å². The third kappa shape index (κ3) is 3.10. The number of carbonyl (C=O) groups excluding carboxylic acids is 1. The van der Waals surface area contributed by atoms with E-state index in [2.05, 4.69) is 10.3 Å². The molecule has 0 saturated heterocycles. The van der Waals surface area contributed by atoms with E-state index in [-0.39, 0.29) is 17.1 Å². The molecule has 7 heteroatoms. The first-order valence-corrected chi connectivity index (χ1v) is 6.03. The summed E-state index contributed by atoms with van der Waals surface area (Å²) >= 11 is 5.78. The fourth-order valence-corrected chi connectivity index (χ4v) is 1.81. The Hall–Kier alpha value is -2.47. The molecule has 0 aliphatic carbocycles. The molecule has 6 nitrogen and oxygen atoms in total. The number of aryl methyl sites for hydroxylation is 1. The summed E-state index contributed by atoms with van der Waals surface area (Å²) in [5.41, 5.74) is 0.478. The second-order valence-corrected chi connectivity index (χ2v) is 4.53. The van der Waals surface area contributed by atoms with Crippen LogP contribution in [0.5, 0.6) is 0 Å². The average molecular weight is 292 g/mol. The monoisotopic (exact) mass is 291 g/mol. The van der Waals surface area contributed by atoms with E-state index < -0.39 is 10.8 Å². The van der Waals surface area contributed by atoms with Crippen molar-refractivity contribution in [1.29, 1.82) is 0 Å². The molecule has 0 spiro atoms. The molecule has 1 heterocycles. The molecule has 2 aromatic rings. The number of rotatable bonds is 3. The van der Waals surface area contributed by atoms with Gasteiger partial charge >= 0.3 is 0 Å². The lowest BCUT2D eigenvalue weighted by molar-refractivity contribution is -0.385. The highest BCUT2D eigenvalue weighted by molar-refractivity contribution is 6.30. The minimum absolute atomic E-state index is 0.0169. The zero-order valence-corrected chi connectivity index (χ0v) is 11.2. The third-order valence-corrected chi connectivity index (χ3v) is 2.79. The molecule has 2 rings (SSSR count). The van der Waals surface area contributed by atoms with E-state index in [1.165, 1.54) is 24.4 Å². The predicted molar refractivity (Wildman–Crippen MR) is 75.0 cm³/mol. The van der Waals surface area contributed by atoms with E-state index in [0.717, 1.165) is 5.56 Å². The van der Waals surface area contributed by atoms with Gasteiger partial charge in [-0.1, -0.05) is 17.7 Å². The number of pyridine rings is 1. The third-order valence-electron chi connectivity index (χ3n) is 2.56. The van der Waals surface area contributed by atoms with Gasteiger partial charge in [-0.15, -0.1) is 0 Å². The summed E-state index contributed by atoms with van der Waals surface area (Å²) in [4.78, 5) is 26.4. The summed E-state index contributed by atoms with van der Waals surface area (Å²) in [7, 11) is 0. The zero-order chi connectivity index (χ0) is 14.7. The van der Waals surface area contributed by atoms with E-state index in [1.807, 2.05) is 0 Å². The van der Waals surface area contributed by atoms with Gasteiger partial charge in [-0.25, -0.2) is 4.98 Å². The number of carbonyl (C=O) groups is 1. The molecule has 0 aliphatic rings. The lowest BCUT2D eigenvalue weighted by Gasteiger charge is -2.06. The summed E-state index contributed by atoms with van der Waals surface area (Å²) in [6.07, 6.45) is 1.43. The van der Waals surface area contributed by atoms with Gasteiger partial charge < -0.3 is 5.32 Å². The fraction of sp³-hybridized carbons (Fsp3) is 0.0769. The normalized spacial score (nSPS) is 10.1. The molecule has 1 aromatic heterocycles. The molecule has 1 aromatic carbocycles. The highest BCUT2D eigenvalue weighted by Crippen LogP contribution is 2.21. The van der Waals surface area contributed by atoms with Crippen LogP contribution in [0.1, 0.15) is 15.9 Å². The van der Waals surface area contributed by atoms with Crippen molar-refractivity contribution in [3.8, 4) is 0 Å². The van der Waals surface area contributed by atoms with Gasteiger partial charge in [0.2, 0.25) is 0 Å². The summed E-state index contributed by atoms with van der Waals surface area (Å²) in [6.45, 7) is 1.75. The summed E-state index contributed by atoms with van der Waals surface area (Å²) in [5.74, 6) is -0.367. The SMILES string of the molecule is Cc1ccc([N+](=O)[O-])c(C(=O)Nc2cc(Cl)ccn2)c1. The van der Waals surface area contributed by atoms with E-state index in [4.69, 9.17) is 11.6 Å². The van der Waals surface area contributed by atoms with Crippen molar-refractivity contribution in [2.45, 2.75) is 6.92 Å². The number of nitrogens with zero attached hydrogens (tertiary/aromatic N) is 2. The average Bonchev–Trinajstić information content (AvgIpc) is 2.38. The van der Waals surface area contributed by atoms with Crippen LogP contribution in [-0.2, 0) is 0 Å². The fourth-order valence-electron chi connectivity index (χ4n) is 1.65. The Kier molecular flexibility index (Phi) is 3.95. The smallest absolute Gasteiger partial charge is 0.282 e. The standard InChI is InChI=1S/C13H10ClN3O3/c1-8-2-3-11(17(19)20)10(6-8)13(18)16-12-7-9(14)4-5-15-12/h2-7H,1H3,(H,15,16,18).